The summed E-state index contributed by atoms with van der Waals surface area (Å²) in [4.78, 5) is 20.3. The summed E-state index contributed by atoms with van der Waals surface area (Å²) in [5, 5.41) is 0.382. The van der Waals surface area contributed by atoms with Gasteiger partial charge >= 0.3 is 6.03 Å². The van der Waals surface area contributed by atoms with Gasteiger partial charge in [-0.15, -0.1) is 0 Å². The number of benzene rings is 2. The molecule has 1 aliphatic carbocycles. The number of carbonyl (C=O) groups excluding carboxylic acids is 1. The minimum Gasteiger partial charge on any atom is -0.378 e. The fourth-order valence-electron chi connectivity index (χ4n) is 6.51. The summed E-state index contributed by atoms with van der Waals surface area (Å²) in [6, 6.07) is 13.1. The Morgan fingerprint density at radius 1 is 1.00 bits per heavy atom. The molecule has 7 heteroatoms. The Morgan fingerprint density at radius 3 is 2.51 bits per heavy atom. The van der Waals surface area contributed by atoms with Crippen molar-refractivity contribution in [1.29, 1.82) is 0 Å². The van der Waals surface area contributed by atoms with Crippen LogP contribution in [0.25, 0.3) is 0 Å². The van der Waals surface area contributed by atoms with E-state index in [0.29, 0.717) is 48.0 Å². The molecule has 2 saturated heterocycles. The number of para-hydroxylation sites is 1. The van der Waals surface area contributed by atoms with E-state index in [-0.39, 0.29) is 17.9 Å². The first-order valence-electron chi connectivity index (χ1n) is 14.3. The maximum Gasteiger partial charge on any atom is 0.325 e. The normalized spacial score (nSPS) is 25.6. The molecule has 3 aliphatic heterocycles. The first-order valence-corrected chi connectivity index (χ1v) is 14.7. The molecule has 39 heavy (non-hydrogen) atoms. The van der Waals surface area contributed by atoms with Crippen molar-refractivity contribution in [3.63, 3.8) is 0 Å². The van der Waals surface area contributed by atoms with Crippen LogP contribution in [0.15, 0.2) is 66.8 Å². The van der Waals surface area contributed by atoms with Crippen LogP contribution in [-0.2, 0) is 17.7 Å². The predicted molar refractivity (Wildman–Crippen MR) is 154 cm³/mol. The van der Waals surface area contributed by atoms with Crippen molar-refractivity contribution >= 4 is 23.3 Å². The Bertz CT molecular complexity index is 1240. The van der Waals surface area contributed by atoms with Gasteiger partial charge in [0.05, 0.1) is 11.8 Å². The molecule has 2 unspecified atom stereocenters. The second-order valence-corrected chi connectivity index (χ2v) is 11.8. The Labute approximate surface area is 235 Å². The number of nitrogens with zero attached hydrogens (tertiary/aromatic N) is 3. The number of hydrogen-bond donors (Lipinski definition) is 0. The number of carbonyl (C=O) groups is 1. The van der Waals surface area contributed by atoms with Crippen LogP contribution in [0.3, 0.4) is 0 Å². The van der Waals surface area contributed by atoms with E-state index in [1.54, 1.807) is 12.1 Å². The number of amides is 2. The van der Waals surface area contributed by atoms with Gasteiger partial charge in [-0.25, -0.2) is 9.18 Å². The maximum atomic E-state index is 14.5. The highest BCUT2D eigenvalue weighted by Crippen LogP contribution is 2.34. The molecule has 206 valence electrons. The van der Waals surface area contributed by atoms with Gasteiger partial charge in [0.15, 0.2) is 0 Å². The molecule has 0 N–H and O–H groups in total. The number of fused-ring (bicyclic) bond motifs is 1. The van der Waals surface area contributed by atoms with Gasteiger partial charge in [0.2, 0.25) is 0 Å². The number of halogens is 2. The standard InChI is InChI=1S/C32H37ClFN3O2/c33-27-10-9-23(30(34)20-27)11-17-36-31-8-4-3-7-26(31)22-37(32(36)38)28-12-15-35(16-13-28)21-25-6-2-1-5-24(25)19-29-14-18-39-29/h1-10,20,24-25,28-29H,11-19,21-22H2/t24?,25-,29?/m1/s1. The van der Waals surface area contributed by atoms with Crippen molar-refractivity contribution in [3.05, 3.63) is 88.7 Å². The smallest absolute Gasteiger partial charge is 0.325 e. The zero-order chi connectivity index (χ0) is 26.8. The molecule has 0 radical (unpaired) electrons. The molecule has 2 fully saturated rings. The molecule has 3 heterocycles. The van der Waals surface area contributed by atoms with E-state index in [0.717, 1.165) is 56.8 Å². The maximum absolute atomic E-state index is 14.5. The number of likely N-dealkylation sites (tertiary alicyclic amines) is 1. The van der Waals surface area contributed by atoms with Gasteiger partial charge in [-0.2, -0.15) is 0 Å². The predicted octanol–water partition coefficient (Wildman–Crippen LogP) is 6.47. The Kier molecular flexibility index (Phi) is 8.05. The van der Waals surface area contributed by atoms with E-state index in [9.17, 15) is 9.18 Å². The highest BCUT2D eigenvalue weighted by Gasteiger charge is 2.36. The molecule has 5 nitrogen and oxygen atoms in total. The fourth-order valence-corrected chi connectivity index (χ4v) is 6.67. The van der Waals surface area contributed by atoms with Crippen LogP contribution in [0, 0.1) is 17.7 Å². The molecule has 0 saturated carbocycles. The molecule has 2 aromatic carbocycles. The van der Waals surface area contributed by atoms with Gasteiger partial charge in [-0.3, -0.25) is 4.90 Å². The zero-order valence-electron chi connectivity index (χ0n) is 22.4. The van der Waals surface area contributed by atoms with E-state index in [1.807, 2.05) is 23.1 Å². The monoisotopic (exact) mass is 549 g/mol. The van der Waals surface area contributed by atoms with Crippen LogP contribution in [0.1, 0.15) is 36.8 Å². The van der Waals surface area contributed by atoms with Gasteiger partial charge in [-0.05, 0) is 73.3 Å². The number of piperidine rings is 1. The average molecular weight is 550 g/mol. The number of anilines is 1. The summed E-state index contributed by atoms with van der Waals surface area (Å²) in [5.41, 5.74) is 2.66. The number of hydrogen-bond acceptors (Lipinski definition) is 3. The molecule has 4 aliphatic rings. The largest absolute Gasteiger partial charge is 0.378 e. The lowest BCUT2D eigenvalue weighted by Crippen LogP contribution is -2.55. The van der Waals surface area contributed by atoms with Crippen molar-refractivity contribution in [2.24, 2.45) is 11.8 Å². The van der Waals surface area contributed by atoms with Crippen LogP contribution >= 0.6 is 11.6 Å². The highest BCUT2D eigenvalue weighted by molar-refractivity contribution is 6.30. The summed E-state index contributed by atoms with van der Waals surface area (Å²) in [7, 11) is 0. The summed E-state index contributed by atoms with van der Waals surface area (Å²) in [6.45, 7) is 5.01. The third-order valence-corrected chi connectivity index (χ3v) is 9.13. The molecule has 0 bridgehead atoms. The third kappa shape index (κ3) is 5.93. The van der Waals surface area contributed by atoms with E-state index in [2.05, 4.69) is 40.2 Å². The summed E-state index contributed by atoms with van der Waals surface area (Å²) >= 11 is 5.94. The summed E-state index contributed by atoms with van der Waals surface area (Å²) in [5.74, 6) is 0.732. The van der Waals surface area contributed by atoms with Crippen molar-refractivity contribution < 1.29 is 13.9 Å². The van der Waals surface area contributed by atoms with Gasteiger partial charge in [0.25, 0.3) is 0 Å². The Morgan fingerprint density at radius 2 is 1.77 bits per heavy atom. The third-order valence-electron chi connectivity index (χ3n) is 8.89. The van der Waals surface area contributed by atoms with Crippen molar-refractivity contribution in [2.45, 2.75) is 50.8 Å². The molecule has 3 atom stereocenters. The van der Waals surface area contributed by atoms with Crippen LogP contribution in [0.5, 0.6) is 0 Å². The van der Waals surface area contributed by atoms with Gasteiger partial charge in [0.1, 0.15) is 5.82 Å². The van der Waals surface area contributed by atoms with Crippen LogP contribution < -0.4 is 4.90 Å². The van der Waals surface area contributed by atoms with Gasteiger partial charge in [0, 0.05) is 50.4 Å². The topological polar surface area (TPSA) is 36.0 Å². The molecule has 6 rings (SSSR count). The lowest BCUT2D eigenvalue weighted by Gasteiger charge is -2.44. The SMILES string of the molecule is O=C1N(CCc2ccc(Cl)cc2F)c2ccccc2CN1C1CCN(C[C@H]2C=CC=CC2CC2CCO2)CC1. The molecular formula is C32H37ClFN3O2. The fraction of sp³-hybridized carbons (Fsp3) is 0.469. The zero-order valence-corrected chi connectivity index (χ0v) is 23.1. The van der Waals surface area contributed by atoms with Crippen molar-refractivity contribution in [2.75, 3.05) is 37.7 Å². The Hall–Kier alpha value is -2.67. The number of urea groups is 1. The molecule has 2 amide bonds. The number of ether oxygens (including phenoxy) is 1. The first-order chi connectivity index (χ1) is 19.0. The minimum absolute atomic E-state index is 0.0300. The lowest BCUT2D eigenvalue weighted by atomic mass is 9.82. The quantitative estimate of drug-likeness (QED) is 0.379. The van der Waals surface area contributed by atoms with Crippen LogP contribution in [0.4, 0.5) is 14.9 Å². The molecule has 2 aromatic rings. The minimum atomic E-state index is -0.324. The van der Waals surface area contributed by atoms with Crippen LogP contribution in [0.2, 0.25) is 5.02 Å². The van der Waals surface area contributed by atoms with Gasteiger partial charge in [-0.1, -0.05) is 60.2 Å². The summed E-state index contributed by atoms with van der Waals surface area (Å²) < 4.78 is 20.2. The van der Waals surface area contributed by atoms with Gasteiger partial charge < -0.3 is 14.5 Å². The van der Waals surface area contributed by atoms with E-state index >= 15 is 0 Å². The van der Waals surface area contributed by atoms with Crippen molar-refractivity contribution in [3.8, 4) is 0 Å². The van der Waals surface area contributed by atoms with E-state index < -0.39 is 0 Å². The second-order valence-electron chi connectivity index (χ2n) is 11.3. The van der Waals surface area contributed by atoms with E-state index in [1.165, 1.54) is 12.5 Å². The molecule has 0 aromatic heterocycles. The summed E-state index contributed by atoms with van der Waals surface area (Å²) in [6.07, 6.45) is 14.2. The number of allylic oxidation sites excluding steroid dienone is 3. The average Bonchev–Trinajstić information content (AvgIpc) is 2.92. The Balaban J connectivity index is 1.09. The second kappa shape index (κ2) is 11.8. The molecule has 0 spiro atoms. The van der Waals surface area contributed by atoms with Crippen molar-refractivity contribution in [1.82, 2.24) is 9.80 Å². The van der Waals surface area contributed by atoms with E-state index in [4.69, 9.17) is 16.3 Å². The first kappa shape index (κ1) is 26.5. The number of rotatable bonds is 8. The molecular weight excluding hydrogens is 513 g/mol. The lowest BCUT2D eigenvalue weighted by molar-refractivity contribution is -0.0629. The highest BCUT2D eigenvalue weighted by atomic mass is 35.5. The van der Waals surface area contributed by atoms with Crippen LogP contribution in [-0.4, -0.2) is 60.8 Å².